The molecule has 0 aromatic heterocycles. The van der Waals surface area contributed by atoms with E-state index in [0.29, 0.717) is 70.1 Å². The van der Waals surface area contributed by atoms with E-state index in [4.69, 9.17) is 26.6 Å². The zero-order valence-corrected chi connectivity index (χ0v) is 32.4. The number of nitrogens with zero attached hydrogens (tertiary/aromatic N) is 1. The van der Waals surface area contributed by atoms with Crippen LogP contribution in [0.1, 0.15) is 81.5 Å². The molecule has 0 fully saturated rings. The molecule has 2 N–H and O–H groups in total. The lowest BCUT2D eigenvalue weighted by Crippen LogP contribution is -2.50. The fourth-order valence-electron chi connectivity index (χ4n) is 5.26. The highest BCUT2D eigenvalue weighted by Crippen LogP contribution is 2.21. The van der Waals surface area contributed by atoms with Crippen molar-refractivity contribution in [3.8, 4) is 0 Å². The van der Waals surface area contributed by atoms with Crippen LogP contribution in [0.2, 0.25) is 12.1 Å². The maximum atomic E-state index is 13.6. The van der Waals surface area contributed by atoms with Crippen molar-refractivity contribution in [1.29, 1.82) is 0 Å². The molecule has 0 aliphatic heterocycles. The van der Waals surface area contributed by atoms with Crippen LogP contribution >= 0.6 is 0 Å². The van der Waals surface area contributed by atoms with Gasteiger partial charge in [0.15, 0.2) is 11.6 Å². The Kier molecular flexibility index (Phi) is 19.9. The molecule has 15 heteroatoms. The predicted molar refractivity (Wildman–Crippen MR) is 196 cm³/mol. The van der Waals surface area contributed by atoms with Crippen LogP contribution in [0.5, 0.6) is 0 Å². The number of hydrogen-bond acceptors (Lipinski definition) is 10. The van der Waals surface area contributed by atoms with Crippen molar-refractivity contribution in [1.82, 2.24) is 10.6 Å². The maximum absolute atomic E-state index is 13.6. The summed E-state index contributed by atoms with van der Waals surface area (Å²) in [5, 5.41) is 5.65. The van der Waals surface area contributed by atoms with Crippen LogP contribution < -0.4 is 15.5 Å². The second-order valence-corrected chi connectivity index (χ2v) is 16.4. The number of amides is 4. The van der Waals surface area contributed by atoms with Crippen molar-refractivity contribution >= 4 is 46.9 Å². The minimum absolute atomic E-state index is 0.230. The van der Waals surface area contributed by atoms with Crippen molar-refractivity contribution < 1.29 is 45.7 Å². The van der Waals surface area contributed by atoms with Crippen molar-refractivity contribution in [3.05, 3.63) is 65.7 Å². The Balaban J connectivity index is 2.19. The van der Waals surface area contributed by atoms with Gasteiger partial charge in [-0.2, -0.15) is 0 Å². The average Bonchev–Trinajstić information content (AvgIpc) is 3.10. The molecule has 0 saturated heterocycles. The lowest BCUT2D eigenvalue weighted by molar-refractivity contribution is 0.0701. The molecule has 2 rings (SSSR count). The highest BCUT2D eigenvalue weighted by Gasteiger charge is 2.40. The van der Waals surface area contributed by atoms with Crippen LogP contribution in [0.25, 0.3) is 0 Å². The third-order valence-corrected chi connectivity index (χ3v) is 13.6. The first kappa shape index (κ1) is 42.9. The first-order chi connectivity index (χ1) is 24.1. The van der Waals surface area contributed by atoms with E-state index in [2.05, 4.69) is 10.6 Å². The van der Waals surface area contributed by atoms with Gasteiger partial charge in [0, 0.05) is 75.9 Å². The monoisotopic (exact) mass is 733 g/mol. The first-order valence-corrected chi connectivity index (χ1v) is 21.4. The summed E-state index contributed by atoms with van der Waals surface area (Å²) in [4.78, 5) is 53.6. The summed E-state index contributed by atoms with van der Waals surface area (Å²) in [7, 11) is -5.83. The Hall–Kier alpha value is -3.29. The summed E-state index contributed by atoms with van der Waals surface area (Å²) in [6.07, 6.45) is 0.685. The zero-order chi connectivity index (χ0) is 36.8. The predicted octanol–water partition coefficient (Wildman–Crippen LogP) is 6.24. The van der Waals surface area contributed by atoms with Gasteiger partial charge in [0.05, 0.1) is 12.1 Å². The molecule has 0 radical (unpaired) electrons. The number of nitrogens with one attached hydrogen (secondary N) is 2. The van der Waals surface area contributed by atoms with Gasteiger partial charge in [0.25, 0.3) is 0 Å². The molecule has 13 nitrogen and oxygen atoms in total. The molecule has 0 heterocycles. The van der Waals surface area contributed by atoms with Crippen LogP contribution in [0.3, 0.4) is 0 Å². The van der Waals surface area contributed by atoms with E-state index in [1.807, 2.05) is 41.5 Å². The van der Waals surface area contributed by atoms with Gasteiger partial charge >= 0.3 is 29.7 Å². The summed E-state index contributed by atoms with van der Waals surface area (Å²) in [5.41, 5.74) is 0.977. The highest BCUT2D eigenvalue weighted by atomic mass is 28.4. The number of anilines is 1. The Labute approximate surface area is 299 Å². The van der Waals surface area contributed by atoms with Gasteiger partial charge in [-0.05, 0) is 78.6 Å². The standard InChI is InChI=1S/C35H55N3O10Si2/c1-7-43-49(44-8-2,45-9-3)26-16-24-36-34(41)38(35(42)37-25-17-27-50(46-10-4,47-11-5)48-12-6)31-22-20-30(21-23-31)33(40)28-32(39)29-18-14-13-15-19-29/h13-15,18-23H,7-12,16-17,24-28H2,1-6H3,(H,36,41)(H,37,42). The first-order valence-electron chi connectivity index (χ1n) is 17.5. The molecular weight excluding hydrogens is 679 g/mol. The quantitative estimate of drug-likeness (QED) is 0.0519. The number of urea groups is 2. The maximum Gasteiger partial charge on any atom is 0.500 e. The third-order valence-electron chi connectivity index (χ3n) is 7.33. The number of imide groups is 1. The van der Waals surface area contributed by atoms with Crippen LogP contribution in [0.4, 0.5) is 15.3 Å². The van der Waals surface area contributed by atoms with Crippen molar-refractivity contribution in [2.24, 2.45) is 0 Å². The van der Waals surface area contributed by atoms with Crippen molar-refractivity contribution in [2.75, 3.05) is 57.6 Å². The van der Waals surface area contributed by atoms with E-state index in [1.54, 1.807) is 30.3 Å². The number of Topliss-reactive ketones (excluding diaryl/α,β-unsaturated/α-hetero) is 2. The van der Waals surface area contributed by atoms with Crippen molar-refractivity contribution in [3.63, 3.8) is 0 Å². The van der Waals surface area contributed by atoms with E-state index in [1.165, 1.54) is 24.3 Å². The van der Waals surface area contributed by atoms with Crippen LogP contribution in [-0.2, 0) is 26.6 Å². The van der Waals surface area contributed by atoms with Crippen LogP contribution in [0.15, 0.2) is 54.6 Å². The molecule has 2 aromatic rings. The number of rotatable bonds is 25. The van der Waals surface area contributed by atoms with Crippen LogP contribution in [-0.4, -0.2) is 94.0 Å². The third kappa shape index (κ3) is 13.8. The average molecular weight is 734 g/mol. The van der Waals surface area contributed by atoms with Gasteiger partial charge in [-0.3, -0.25) is 9.59 Å². The van der Waals surface area contributed by atoms with Gasteiger partial charge < -0.3 is 37.2 Å². The number of ketones is 2. The lowest BCUT2D eigenvalue weighted by Gasteiger charge is -2.29. The largest absolute Gasteiger partial charge is 0.500 e. The molecule has 50 heavy (non-hydrogen) atoms. The molecule has 0 atom stereocenters. The Morgan fingerprint density at radius 3 is 1.26 bits per heavy atom. The number of hydrogen-bond donors (Lipinski definition) is 2. The van der Waals surface area contributed by atoms with E-state index >= 15 is 0 Å². The summed E-state index contributed by atoms with van der Waals surface area (Å²) < 4.78 is 35.5. The second-order valence-electron chi connectivity index (χ2n) is 10.9. The fourth-order valence-corrected chi connectivity index (χ4v) is 10.5. The smallest absolute Gasteiger partial charge is 0.374 e. The van der Waals surface area contributed by atoms with Crippen LogP contribution in [0, 0.1) is 0 Å². The molecule has 0 spiro atoms. The Bertz CT molecular complexity index is 1240. The summed E-state index contributed by atoms with van der Waals surface area (Å²) in [6.45, 7) is 14.4. The van der Waals surface area contributed by atoms with E-state index in [0.717, 1.165) is 4.90 Å². The molecule has 0 bridgehead atoms. The molecule has 4 amide bonds. The Morgan fingerprint density at radius 1 is 0.540 bits per heavy atom. The van der Waals surface area contributed by atoms with E-state index < -0.39 is 29.7 Å². The molecule has 0 aliphatic rings. The zero-order valence-electron chi connectivity index (χ0n) is 30.4. The minimum Gasteiger partial charge on any atom is -0.374 e. The minimum atomic E-state index is -2.91. The summed E-state index contributed by atoms with van der Waals surface area (Å²) in [5.74, 6) is -0.669. The van der Waals surface area contributed by atoms with Crippen molar-refractivity contribution in [2.45, 2.75) is 72.9 Å². The highest BCUT2D eigenvalue weighted by molar-refractivity contribution is 6.61. The fraction of sp³-hybridized carbons (Fsp3) is 0.543. The molecule has 0 aliphatic carbocycles. The molecular formula is C35H55N3O10Si2. The van der Waals surface area contributed by atoms with Gasteiger partial charge in [0.2, 0.25) is 0 Å². The van der Waals surface area contributed by atoms with E-state index in [-0.39, 0.29) is 42.3 Å². The SMILES string of the molecule is CCO[Si](CCCNC(=O)N(C(=O)NCCC[Si](OCC)(OCC)OCC)c1ccc(C(=O)CC(=O)c2ccccc2)cc1)(OCC)OCC. The number of benzene rings is 2. The number of carbonyl (C=O) groups is 4. The molecule has 0 unspecified atom stereocenters. The number of carbonyl (C=O) groups excluding carboxylic acids is 4. The normalized spacial score (nSPS) is 11.6. The molecule has 2 aromatic carbocycles. The van der Waals surface area contributed by atoms with Gasteiger partial charge in [-0.25, -0.2) is 14.5 Å². The molecule has 0 saturated carbocycles. The molecule has 278 valence electrons. The summed E-state index contributed by atoms with van der Waals surface area (Å²) in [6, 6.07) is 14.3. The van der Waals surface area contributed by atoms with Gasteiger partial charge in [-0.15, -0.1) is 0 Å². The topological polar surface area (TPSA) is 151 Å². The summed E-state index contributed by atoms with van der Waals surface area (Å²) >= 11 is 0. The Morgan fingerprint density at radius 2 is 0.900 bits per heavy atom. The van der Waals surface area contributed by atoms with E-state index in [9.17, 15) is 19.2 Å². The lowest BCUT2D eigenvalue weighted by atomic mass is 10.0. The van der Waals surface area contributed by atoms with Gasteiger partial charge in [0.1, 0.15) is 0 Å². The van der Waals surface area contributed by atoms with Gasteiger partial charge in [-0.1, -0.05) is 30.3 Å². The second kappa shape index (κ2) is 23.2.